The van der Waals surface area contributed by atoms with Crippen LogP contribution >= 0.6 is 0 Å². The van der Waals surface area contributed by atoms with E-state index < -0.39 is 0 Å². The number of nitrogens with zero attached hydrogens (tertiary/aromatic N) is 2. The second-order valence-electron chi connectivity index (χ2n) is 8.86. The van der Waals surface area contributed by atoms with E-state index in [1.165, 1.54) is 12.1 Å². The molecule has 2 aromatic carbocycles. The monoisotopic (exact) mass is 466 g/mol. The van der Waals surface area contributed by atoms with E-state index in [1.54, 1.807) is 24.1 Å². The van der Waals surface area contributed by atoms with Crippen molar-refractivity contribution in [2.24, 2.45) is 0 Å². The van der Waals surface area contributed by atoms with E-state index in [0.717, 1.165) is 16.9 Å². The summed E-state index contributed by atoms with van der Waals surface area (Å²) in [6, 6.07) is 18.0. The third-order valence-corrected chi connectivity index (χ3v) is 5.79. The Morgan fingerprint density at radius 1 is 1.00 bits per heavy atom. The maximum Gasteiger partial charge on any atom is 0.289 e. The van der Waals surface area contributed by atoms with Gasteiger partial charge >= 0.3 is 0 Å². The number of morpholine rings is 1. The van der Waals surface area contributed by atoms with Crippen molar-refractivity contribution in [2.45, 2.75) is 45.7 Å². The number of carbonyl (C=O) groups excluding carboxylic acids is 1. The molecule has 0 saturated carbocycles. The minimum atomic E-state index is -0.265. The Labute approximate surface area is 199 Å². The van der Waals surface area contributed by atoms with E-state index in [2.05, 4.69) is 4.90 Å². The summed E-state index contributed by atoms with van der Waals surface area (Å²) < 4.78 is 30.8. The number of amides is 1. The maximum atomic E-state index is 13.8. The van der Waals surface area contributed by atoms with Crippen LogP contribution in [0, 0.1) is 5.82 Å². The normalized spacial score (nSPS) is 18.3. The zero-order chi connectivity index (χ0) is 24.1. The number of carbonyl (C=O) groups is 1. The van der Waals surface area contributed by atoms with Gasteiger partial charge < -0.3 is 18.8 Å². The van der Waals surface area contributed by atoms with Crippen LogP contribution in [-0.2, 0) is 24.4 Å². The third-order valence-electron chi connectivity index (χ3n) is 5.79. The first-order valence-electron chi connectivity index (χ1n) is 11.5. The van der Waals surface area contributed by atoms with Crippen LogP contribution in [0.1, 0.15) is 41.3 Å². The van der Waals surface area contributed by atoms with Crippen LogP contribution in [-0.4, -0.2) is 48.1 Å². The number of methoxy groups -OCH3 is 1. The molecule has 7 heteroatoms. The molecule has 0 N–H and O–H groups in total. The van der Waals surface area contributed by atoms with E-state index >= 15 is 0 Å². The molecule has 6 nitrogen and oxygen atoms in total. The summed E-state index contributed by atoms with van der Waals surface area (Å²) in [5, 5.41) is 0. The van der Waals surface area contributed by atoms with Crippen molar-refractivity contribution in [3.8, 4) is 5.75 Å². The zero-order valence-electron chi connectivity index (χ0n) is 19.9. The molecule has 0 radical (unpaired) electrons. The summed E-state index contributed by atoms with van der Waals surface area (Å²) in [7, 11) is 1.64. The minimum absolute atomic E-state index is 0.00763. The molecule has 1 saturated heterocycles. The molecule has 4 rings (SSSR count). The highest BCUT2D eigenvalue weighted by atomic mass is 19.1. The lowest BCUT2D eigenvalue weighted by Gasteiger charge is -2.34. The van der Waals surface area contributed by atoms with Gasteiger partial charge in [-0.15, -0.1) is 0 Å². The van der Waals surface area contributed by atoms with E-state index in [-0.39, 0.29) is 23.9 Å². The van der Waals surface area contributed by atoms with E-state index in [9.17, 15) is 9.18 Å². The highest BCUT2D eigenvalue weighted by molar-refractivity contribution is 5.91. The van der Waals surface area contributed by atoms with Crippen LogP contribution in [0.25, 0.3) is 0 Å². The summed E-state index contributed by atoms with van der Waals surface area (Å²) in [6.07, 6.45) is -0.0153. The average Bonchev–Trinajstić information content (AvgIpc) is 3.26. The van der Waals surface area contributed by atoms with Gasteiger partial charge in [0.05, 0.1) is 25.9 Å². The second kappa shape index (κ2) is 10.8. The number of furan rings is 1. The van der Waals surface area contributed by atoms with Gasteiger partial charge in [-0.1, -0.05) is 24.3 Å². The van der Waals surface area contributed by atoms with Gasteiger partial charge in [0.15, 0.2) is 5.76 Å². The maximum absolute atomic E-state index is 13.8. The smallest absolute Gasteiger partial charge is 0.289 e. The topological polar surface area (TPSA) is 55.2 Å². The number of rotatable bonds is 8. The molecule has 1 aromatic heterocycles. The predicted molar refractivity (Wildman–Crippen MR) is 127 cm³/mol. The lowest BCUT2D eigenvalue weighted by molar-refractivity contribution is -0.0592. The second-order valence-corrected chi connectivity index (χ2v) is 8.86. The average molecular weight is 467 g/mol. The molecular weight excluding hydrogens is 435 g/mol. The molecule has 0 aliphatic carbocycles. The Balaban J connectivity index is 1.50. The molecule has 0 bridgehead atoms. The van der Waals surface area contributed by atoms with Crippen LogP contribution in [0.3, 0.4) is 0 Å². The fourth-order valence-electron chi connectivity index (χ4n) is 4.39. The first-order chi connectivity index (χ1) is 16.4. The molecule has 2 heterocycles. The SMILES string of the molecule is COc1cccc(CN(Cc2cccc(F)c2)Cc2ccc(C(=O)N3CC(C)OC(C)C3)o2)c1. The van der Waals surface area contributed by atoms with Gasteiger partial charge in [0, 0.05) is 26.2 Å². The van der Waals surface area contributed by atoms with E-state index in [4.69, 9.17) is 13.9 Å². The van der Waals surface area contributed by atoms with Crippen LogP contribution in [0.15, 0.2) is 65.1 Å². The van der Waals surface area contributed by atoms with Crippen LogP contribution < -0.4 is 4.74 Å². The number of hydrogen-bond acceptors (Lipinski definition) is 5. The van der Waals surface area contributed by atoms with Gasteiger partial charge in [-0.3, -0.25) is 9.69 Å². The number of hydrogen-bond donors (Lipinski definition) is 0. The van der Waals surface area contributed by atoms with Gasteiger partial charge in [0.25, 0.3) is 5.91 Å². The molecule has 1 amide bonds. The number of benzene rings is 2. The molecule has 34 heavy (non-hydrogen) atoms. The summed E-state index contributed by atoms with van der Waals surface area (Å²) in [5.74, 6) is 1.39. The molecule has 1 aliphatic heterocycles. The molecule has 1 fully saturated rings. The van der Waals surface area contributed by atoms with E-state index in [0.29, 0.717) is 44.2 Å². The first-order valence-corrected chi connectivity index (χ1v) is 11.5. The quantitative estimate of drug-likeness (QED) is 0.474. The van der Waals surface area contributed by atoms with Crippen molar-refractivity contribution in [2.75, 3.05) is 20.2 Å². The molecule has 3 aromatic rings. The van der Waals surface area contributed by atoms with Crippen molar-refractivity contribution in [3.05, 3.63) is 89.1 Å². The van der Waals surface area contributed by atoms with Crippen LogP contribution in [0.4, 0.5) is 4.39 Å². The van der Waals surface area contributed by atoms with E-state index in [1.807, 2.05) is 50.2 Å². The van der Waals surface area contributed by atoms with Gasteiger partial charge in [-0.05, 0) is 61.4 Å². The molecule has 180 valence electrons. The molecule has 2 atom stereocenters. The first kappa shape index (κ1) is 24.0. The van der Waals surface area contributed by atoms with Gasteiger partial charge in [-0.25, -0.2) is 4.39 Å². The van der Waals surface area contributed by atoms with Crippen molar-refractivity contribution in [1.82, 2.24) is 9.80 Å². The largest absolute Gasteiger partial charge is 0.497 e. The van der Waals surface area contributed by atoms with Gasteiger partial charge in [0.2, 0.25) is 0 Å². The standard InChI is InChI=1S/C27H31FN2O4/c1-19-14-30(15-20(2)33-19)27(31)26-11-10-25(34-26)18-29(16-21-6-4-8-23(28)12-21)17-22-7-5-9-24(13-22)32-3/h4-13,19-20H,14-18H2,1-3H3. The fraction of sp³-hybridized carbons (Fsp3) is 0.370. The number of halogens is 1. The van der Waals surface area contributed by atoms with Crippen molar-refractivity contribution >= 4 is 5.91 Å². The molecule has 0 spiro atoms. The Kier molecular flexibility index (Phi) is 7.65. The Morgan fingerprint density at radius 3 is 2.35 bits per heavy atom. The minimum Gasteiger partial charge on any atom is -0.497 e. The molecular formula is C27H31FN2O4. The summed E-state index contributed by atoms with van der Waals surface area (Å²) in [6.45, 7) is 6.62. The summed E-state index contributed by atoms with van der Waals surface area (Å²) in [4.78, 5) is 16.9. The highest BCUT2D eigenvalue weighted by Gasteiger charge is 2.28. The van der Waals surface area contributed by atoms with Gasteiger partial charge in [-0.2, -0.15) is 0 Å². The lowest BCUT2D eigenvalue weighted by Crippen LogP contribution is -2.48. The number of ether oxygens (including phenoxy) is 2. The summed E-state index contributed by atoms with van der Waals surface area (Å²) >= 11 is 0. The fourth-order valence-corrected chi connectivity index (χ4v) is 4.39. The van der Waals surface area contributed by atoms with Crippen LogP contribution in [0.5, 0.6) is 5.75 Å². The molecule has 1 aliphatic rings. The third kappa shape index (κ3) is 6.24. The Bertz CT molecular complexity index is 1110. The predicted octanol–water partition coefficient (Wildman–Crippen LogP) is 4.88. The highest BCUT2D eigenvalue weighted by Crippen LogP contribution is 2.21. The lowest BCUT2D eigenvalue weighted by atomic mass is 10.1. The summed E-state index contributed by atoms with van der Waals surface area (Å²) in [5.41, 5.74) is 1.93. The van der Waals surface area contributed by atoms with Crippen molar-refractivity contribution in [1.29, 1.82) is 0 Å². The van der Waals surface area contributed by atoms with Gasteiger partial charge in [0.1, 0.15) is 17.3 Å². The van der Waals surface area contributed by atoms with Crippen molar-refractivity contribution in [3.63, 3.8) is 0 Å². The Hall–Kier alpha value is -3.16. The van der Waals surface area contributed by atoms with Crippen molar-refractivity contribution < 1.29 is 23.1 Å². The van der Waals surface area contributed by atoms with Crippen LogP contribution in [0.2, 0.25) is 0 Å². The zero-order valence-corrected chi connectivity index (χ0v) is 19.9. The Morgan fingerprint density at radius 2 is 1.68 bits per heavy atom. The molecule has 2 unspecified atom stereocenters.